The van der Waals surface area contributed by atoms with E-state index in [2.05, 4.69) is 13.8 Å². The van der Waals surface area contributed by atoms with E-state index in [0.29, 0.717) is 6.61 Å². The van der Waals surface area contributed by atoms with Crippen LogP contribution in [0.15, 0.2) is 0 Å². The molecule has 0 saturated carbocycles. The average Bonchev–Trinajstić information content (AvgIpc) is 3.71. The molecular weight excluding hydrogens is 544 g/mol. The first kappa shape index (κ1) is 36.1. The maximum Gasteiger partial charge on any atom is 0.158 e. The molecule has 10 nitrogen and oxygen atoms in total. The lowest BCUT2D eigenvalue weighted by Crippen LogP contribution is -2.52. The Balaban J connectivity index is 0.000000230. The highest BCUT2D eigenvalue weighted by Crippen LogP contribution is 2.31. The molecule has 0 spiro atoms. The summed E-state index contributed by atoms with van der Waals surface area (Å²) in [5, 5.41) is 38.5. The zero-order chi connectivity index (χ0) is 30.2. The van der Waals surface area contributed by atoms with E-state index in [1.54, 1.807) is 0 Å². The lowest BCUT2D eigenvalue weighted by Gasteiger charge is -2.37. The third-order valence-corrected chi connectivity index (χ3v) is 8.76. The van der Waals surface area contributed by atoms with E-state index < -0.39 is 24.4 Å². The SMILES string of the molecule is CCCCCCCCCC1OC[C@H]([C@H]2OC[C@H](O)[C@H]2O)O1.CCCCCCCCCC1O[C@H]2[C@H](OC[C@@H]2O)[C@@H](CO)O1. The highest BCUT2D eigenvalue weighted by molar-refractivity contribution is 4.93. The lowest BCUT2D eigenvalue weighted by atomic mass is 10.0. The van der Waals surface area contributed by atoms with Crippen LogP contribution in [0, 0.1) is 0 Å². The summed E-state index contributed by atoms with van der Waals surface area (Å²) in [7, 11) is 0. The number of aliphatic hydroxyl groups is 4. The summed E-state index contributed by atoms with van der Waals surface area (Å²) in [4.78, 5) is 0. The molecule has 2 unspecified atom stereocenters. The Bertz CT molecular complexity index is 682. The van der Waals surface area contributed by atoms with Gasteiger partial charge in [-0.05, 0) is 25.7 Å². The van der Waals surface area contributed by atoms with Gasteiger partial charge in [0.05, 0.1) is 26.4 Å². The van der Waals surface area contributed by atoms with Crippen LogP contribution < -0.4 is 0 Å². The van der Waals surface area contributed by atoms with Crippen LogP contribution in [-0.2, 0) is 28.4 Å². The van der Waals surface area contributed by atoms with E-state index >= 15 is 0 Å². The standard InChI is InChI=1S/2C16H30O5/c1-2-3-4-5-6-7-8-9-14-20-13(10-17)16-15(21-14)12(18)11-19-16;1-2-3-4-5-6-7-8-9-14-19-11-13(21-14)16-15(18)12(17)10-20-16/h2*12-18H,2-11H2,1H3/t2*12-,13+,14?,15+,16+/m00/s1. The molecule has 0 aromatic heterocycles. The molecule has 0 bridgehead atoms. The minimum Gasteiger partial charge on any atom is -0.394 e. The zero-order valence-electron chi connectivity index (χ0n) is 26.2. The molecule has 0 radical (unpaired) electrons. The molecule has 0 aromatic carbocycles. The highest BCUT2D eigenvalue weighted by atomic mass is 16.7. The van der Waals surface area contributed by atoms with E-state index in [0.717, 1.165) is 25.7 Å². The van der Waals surface area contributed by atoms with Crippen molar-refractivity contribution < 1.29 is 48.8 Å². The normalized spacial score (nSPS) is 36.1. The van der Waals surface area contributed by atoms with Crippen molar-refractivity contribution in [2.45, 2.75) is 178 Å². The van der Waals surface area contributed by atoms with Crippen molar-refractivity contribution in [2.24, 2.45) is 0 Å². The molecule has 4 fully saturated rings. The van der Waals surface area contributed by atoms with Gasteiger partial charge in [-0.25, -0.2) is 0 Å². The fraction of sp³-hybridized carbons (Fsp3) is 1.00. The van der Waals surface area contributed by atoms with Gasteiger partial charge < -0.3 is 48.8 Å². The van der Waals surface area contributed by atoms with Gasteiger partial charge in [-0.1, -0.05) is 90.9 Å². The third kappa shape index (κ3) is 11.8. The summed E-state index contributed by atoms with van der Waals surface area (Å²) >= 11 is 0. The Morgan fingerprint density at radius 3 is 1.64 bits per heavy atom. The monoisotopic (exact) mass is 604 g/mol. The summed E-state index contributed by atoms with van der Waals surface area (Å²) in [6.07, 6.45) is 14.8. The van der Waals surface area contributed by atoms with Crippen LogP contribution in [0.25, 0.3) is 0 Å². The summed E-state index contributed by atoms with van der Waals surface area (Å²) < 4.78 is 33.8. The second-order valence-electron chi connectivity index (χ2n) is 12.4. The topological polar surface area (TPSA) is 136 Å². The van der Waals surface area contributed by atoms with Crippen molar-refractivity contribution in [3.8, 4) is 0 Å². The number of fused-ring (bicyclic) bond motifs is 1. The van der Waals surface area contributed by atoms with Crippen molar-refractivity contribution in [1.29, 1.82) is 0 Å². The highest BCUT2D eigenvalue weighted by Gasteiger charge is 2.48. The predicted octanol–water partition coefficient (Wildman–Crippen LogP) is 3.98. The van der Waals surface area contributed by atoms with E-state index in [4.69, 9.17) is 28.4 Å². The van der Waals surface area contributed by atoms with Crippen LogP contribution in [0.1, 0.15) is 117 Å². The molecule has 4 heterocycles. The average molecular weight is 605 g/mol. The molecule has 0 amide bonds. The van der Waals surface area contributed by atoms with Gasteiger partial charge in [-0.3, -0.25) is 0 Å². The van der Waals surface area contributed by atoms with Crippen molar-refractivity contribution >= 4 is 0 Å². The van der Waals surface area contributed by atoms with Gasteiger partial charge in [0, 0.05) is 0 Å². The van der Waals surface area contributed by atoms with Gasteiger partial charge in [0.15, 0.2) is 12.6 Å². The number of hydrogen-bond donors (Lipinski definition) is 4. The van der Waals surface area contributed by atoms with Gasteiger partial charge in [0.25, 0.3) is 0 Å². The molecule has 4 saturated heterocycles. The fourth-order valence-electron chi connectivity index (χ4n) is 6.16. The Morgan fingerprint density at radius 2 is 1.07 bits per heavy atom. The second-order valence-corrected chi connectivity index (χ2v) is 12.4. The second kappa shape index (κ2) is 20.6. The minimum atomic E-state index is -0.865. The van der Waals surface area contributed by atoms with E-state index in [1.165, 1.54) is 77.0 Å². The first-order valence-electron chi connectivity index (χ1n) is 16.9. The summed E-state index contributed by atoms with van der Waals surface area (Å²) in [6.45, 7) is 5.24. The van der Waals surface area contributed by atoms with Crippen LogP contribution in [-0.4, -0.2) is 108 Å². The number of unbranched alkanes of at least 4 members (excludes halogenated alkanes) is 12. The smallest absolute Gasteiger partial charge is 0.158 e. The summed E-state index contributed by atoms with van der Waals surface area (Å²) in [6, 6.07) is 0. The number of hydrogen-bond acceptors (Lipinski definition) is 10. The largest absolute Gasteiger partial charge is 0.394 e. The molecule has 42 heavy (non-hydrogen) atoms. The first-order valence-corrected chi connectivity index (χ1v) is 16.9. The van der Waals surface area contributed by atoms with Gasteiger partial charge in [-0.2, -0.15) is 0 Å². The number of aliphatic hydroxyl groups excluding tert-OH is 4. The Labute approximate surface area is 253 Å². The molecule has 0 aliphatic carbocycles. The summed E-state index contributed by atoms with van der Waals surface area (Å²) in [5.74, 6) is 0. The van der Waals surface area contributed by atoms with Gasteiger partial charge in [0.2, 0.25) is 0 Å². The zero-order valence-corrected chi connectivity index (χ0v) is 26.2. The van der Waals surface area contributed by atoms with E-state index in [9.17, 15) is 20.4 Å². The first-order chi connectivity index (χ1) is 20.5. The van der Waals surface area contributed by atoms with Crippen LogP contribution >= 0.6 is 0 Å². The molecule has 10 heteroatoms. The fourth-order valence-corrected chi connectivity index (χ4v) is 6.16. The van der Waals surface area contributed by atoms with Gasteiger partial charge >= 0.3 is 0 Å². The lowest BCUT2D eigenvalue weighted by molar-refractivity contribution is -0.285. The van der Waals surface area contributed by atoms with Crippen molar-refractivity contribution in [3.63, 3.8) is 0 Å². The Morgan fingerprint density at radius 1 is 0.524 bits per heavy atom. The van der Waals surface area contributed by atoms with Crippen LogP contribution in [0.3, 0.4) is 0 Å². The summed E-state index contributed by atoms with van der Waals surface area (Å²) in [5.41, 5.74) is 0. The van der Waals surface area contributed by atoms with Crippen molar-refractivity contribution in [2.75, 3.05) is 26.4 Å². The quantitative estimate of drug-likeness (QED) is 0.170. The van der Waals surface area contributed by atoms with Gasteiger partial charge in [-0.15, -0.1) is 0 Å². The molecule has 0 aromatic rings. The predicted molar refractivity (Wildman–Crippen MR) is 158 cm³/mol. The molecule has 4 N–H and O–H groups in total. The van der Waals surface area contributed by atoms with Crippen molar-refractivity contribution in [3.05, 3.63) is 0 Å². The minimum absolute atomic E-state index is 0.0925. The van der Waals surface area contributed by atoms with E-state index in [1.807, 2.05) is 0 Å². The van der Waals surface area contributed by atoms with Gasteiger partial charge in [0.1, 0.15) is 48.8 Å². The maximum absolute atomic E-state index is 9.86. The number of rotatable bonds is 18. The third-order valence-electron chi connectivity index (χ3n) is 8.76. The van der Waals surface area contributed by atoms with Crippen molar-refractivity contribution in [1.82, 2.24) is 0 Å². The molecule has 10 atom stereocenters. The number of ether oxygens (including phenoxy) is 6. The molecule has 4 aliphatic heterocycles. The van der Waals surface area contributed by atoms with Crippen LogP contribution in [0.4, 0.5) is 0 Å². The molecular formula is C32H60O10. The van der Waals surface area contributed by atoms with Crippen LogP contribution in [0.5, 0.6) is 0 Å². The van der Waals surface area contributed by atoms with E-state index in [-0.39, 0.29) is 56.8 Å². The molecule has 4 aliphatic rings. The molecule has 248 valence electrons. The Kier molecular flexibility index (Phi) is 17.7. The maximum atomic E-state index is 9.86. The Hall–Kier alpha value is -0.400. The van der Waals surface area contributed by atoms with Crippen LogP contribution in [0.2, 0.25) is 0 Å². The molecule has 4 rings (SSSR count).